The molecule has 0 bridgehead atoms. The van der Waals surface area contributed by atoms with Gasteiger partial charge in [0, 0.05) is 50.3 Å². The molecular formula is C45H28N4. The summed E-state index contributed by atoms with van der Waals surface area (Å²) in [6.45, 7) is 4.53. The number of rotatable bonds is 2. The molecule has 0 N–H and O–H groups in total. The number of benzene rings is 6. The topological polar surface area (TPSA) is 62.5 Å². The number of pyridine rings is 3. The van der Waals surface area contributed by atoms with Gasteiger partial charge in [0.2, 0.25) is 0 Å². The van der Waals surface area contributed by atoms with E-state index in [0.717, 1.165) is 60.1 Å². The maximum atomic E-state index is 9.60. The zero-order valence-corrected chi connectivity index (χ0v) is 27.0. The van der Waals surface area contributed by atoms with Gasteiger partial charge < -0.3 is 0 Å². The average molecular weight is 625 g/mol. The Kier molecular flexibility index (Phi) is 5.66. The highest BCUT2D eigenvalue weighted by molar-refractivity contribution is 6.32. The van der Waals surface area contributed by atoms with Crippen molar-refractivity contribution in [3.63, 3.8) is 0 Å². The molecule has 0 aliphatic heterocycles. The highest BCUT2D eigenvalue weighted by Crippen LogP contribution is 2.51. The molecule has 1 aliphatic rings. The van der Waals surface area contributed by atoms with Crippen LogP contribution in [-0.2, 0) is 5.41 Å². The largest absolute Gasteiger partial charge is 0.254 e. The number of hydrogen-bond acceptors (Lipinski definition) is 4. The number of aromatic nitrogens is 3. The molecule has 0 spiro atoms. The van der Waals surface area contributed by atoms with Crippen LogP contribution in [0, 0.1) is 11.3 Å². The van der Waals surface area contributed by atoms with Crippen molar-refractivity contribution in [2.24, 2.45) is 0 Å². The van der Waals surface area contributed by atoms with Gasteiger partial charge in [0.25, 0.3) is 0 Å². The molecule has 49 heavy (non-hydrogen) atoms. The van der Waals surface area contributed by atoms with E-state index >= 15 is 0 Å². The third kappa shape index (κ3) is 3.82. The predicted octanol–water partition coefficient (Wildman–Crippen LogP) is 11.1. The van der Waals surface area contributed by atoms with Crippen LogP contribution in [0.3, 0.4) is 0 Å². The maximum Gasteiger partial charge on any atom is 0.0991 e. The molecule has 10 rings (SSSR count). The lowest BCUT2D eigenvalue weighted by molar-refractivity contribution is 0.660. The van der Waals surface area contributed by atoms with Gasteiger partial charge in [-0.2, -0.15) is 5.26 Å². The summed E-state index contributed by atoms with van der Waals surface area (Å²) in [7, 11) is 0. The lowest BCUT2D eigenvalue weighted by Crippen LogP contribution is -2.15. The van der Waals surface area contributed by atoms with Gasteiger partial charge in [-0.1, -0.05) is 98.8 Å². The molecule has 4 nitrogen and oxygen atoms in total. The van der Waals surface area contributed by atoms with E-state index in [1.54, 1.807) is 0 Å². The van der Waals surface area contributed by atoms with E-state index in [9.17, 15) is 5.26 Å². The van der Waals surface area contributed by atoms with Crippen molar-refractivity contribution in [1.82, 2.24) is 15.0 Å². The quantitative estimate of drug-likeness (QED) is 0.180. The molecule has 0 fully saturated rings. The number of hydrogen-bond donors (Lipinski definition) is 0. The highest BCUT2D eigenvalue weighted by atomic mass is 14.7. The first-order valence-electron chi connectivity index (χ1n) is 16.6. The van der Waals surface area contributed by atoms with Crippen molar-refractivity contribution < 1.29 is 0 Å². The van der Waals surface area contributed by atoms with E-state index in [4.69, 9.17) is 15.0 Å². The minimum Gasteiger partial charge on any atom is -0.254 e. The molecule has 1 aliphatic carbocycles. The van der Waals surface area contributed by atoms with Crippen molar-refractivity contribution in [1.29, 1.82) is 5.26 Å². The van der Waals surface area contributed by atoms with Gasteiger partial charge in [0.1, 0.15) is 0 Å². The predicted molar refractivity (Wildman–Crippen MR) is 201 cm³/mol. The van der Waals surface area contributed by atoms with E-state index in [0.29, 0.717) is 5.56 Å². The van der Waals surface area contributed by atoms with Crippen molar-refractivity contribution >= 4 is 54.3 Å². The third-order valence-electron chi connectivity index (χ3n) is 10.6. The first kappa shape index (κ1) is 27.7. The van der Waals surface area contributed by atoms with Gasteiger partial charge in [-0.25, -0.2) is 4.98 Å². The van der Waals surface area contributed by atoms with Crippen LogP contribution in [0.25, 0.3) is 87.8 Å². The average Bonchev–Trinajstić information content (AvgIpc) is 3.38. The Morgan fingerprint density at radius 2 is 1.10 bits per heavy atom. The second-order valence-corrected chi connectivity index (χ2v) is 13.5. The molecule has 0 saturated heterocycles. The molecule has 4 heteroatoms. The maximum absolute atomic E-state index is 9.60. The van der Waals surface area contributed by atoms with Crippen molar-refractivity contribution in [3.8, 4) is 39.6 Å². The van der Waals surface area contributed by atoms with Gasteiger partial charge in [0.15, 0.2) is 0 Å². The van der Waals surface area contributed by atoms with E-state index in [-0.39, 0.29) is 5.41 Å². The number of para-hydroxylation sites is 1. The van der Waals surface area contributed by atoms with Gasteiger partial charge in [-0.3, -0.25) is 9.97 Å². The summed E-state index contributed by atoms with van der Waals surface area (Å²) in [4.78, 5) is 15.1. The van der Waals surface area contributed by atoms with Crippen LogP contribution in [0.1, 0.15) is 30.5 Å². The van der Waals surface area contributed by atoms with Crippen LogP contribution < -0.4 is 0 Å². The van der Waals surface area contributed by atoms with Crippen LogP contribution in [0.15, 0.2) is 134 Å². The number of fused-ring (bicyclic) bond motifs is 12. The summed E-state index contributed by atoms with van der Waals surface area (Å²) in [5, 5.41) is 17.4. The summed E-state index contributed by atoms with van der Waals surface area (Å²) >= 11 is 0. The molecule has 3 aromatic heterocycles. The fourth-order valence-electron chi connectivity index (χ4n) is 8.27. The Labute approximate surface area is 283 Å². The highest BCUT2D eigenvalue weighted by Gasteiger charge is 2.36. The first-order chi connectivity index (χ1) is 24.0. The Morgan fingerprint density at radius 1 is 0.531 bits per heavy atom. The van der Waals surface area contributed by atoms with Crippen molar-refractivity contribution in [2.75, 3.05) is 0 Å². The van der Waals surface area contributed by atoms with E-state index in [2.05, 4.69) is 123 Å². The Bertz CT molecular complexity index is 2930. The van der Waals surface area contributed by atoms with Crippen LogP contribution in [0.2, 0.25) is 0 Å². The van der Waals surface area contributed by atoms with Crippen LogP contribution >= 0.6 is 0 Å². The molecule has 6 aromatic carbocycles. The van der Waals surface area contributed by atoms with Gasteiger partial charge >= 0.3 is 0 Å². The molecule has 0 amide bonds. The lowest BCUT2D eigenvalue weighted by Gasteiger charge is -2.22. The number of nitriles is 1. The van der Waals surface area contributed by atoms with Crippen molar-refractivity contribution in [2.45, 2.75) is 19.3 Å². The van der Waals surface area contributed by atoms with Gasteiger partial charge in [-0.05, 0) is 80.6 Å². The van der Waals surface area contributed by atoms with E-state index in [1.807, 2.05) is 30.6 Å². The third-order valence-corrected chi connectivity index (χ3v) is 10.6. The smallest absolute Gasteiger partial charge is 0.0991 e. The summed E-state index contributed by atoms with van der Waals surface area (Å²) in [6.07, 6.45) is 3.70. The lowest BCUT2D eigenvalue weighted by atomic mass is 9.81. The minimum atomic E-state index is -0.218. The Balaban J connectivity index is 1.25. The molecule has 0 saturated carbocycles. The van der Waals surface area contributed by atoms with Crippen LogP contribution in [-0.4, -0.2) is 15.0 Å². The fourth-order valence-corrected chi connectivity index (χ4v) is 8.27. The molecule has 0 radical (unpaired) electrons. The molecule has 3 heterocycles. The zero-order chi connectivity index (χ0) is 32.9. The van der Waals surface area contributed by atoms with Crippen molar-refractivity contribution in [3.05, 3.63) is 150 Å². The van der Waals surface area contributed by atoms with Crippen LogP contribution in [0.4, 0.5) is 0 Å². The monoisotopic (exact) mass is 624 g/mol. The summed E-state index contributed by atoms with van der Waals surface area (Å²) in [6, 6.07) is 45.2. The summed E-state index contributed by atoms with van der Waals surface area (Å²) < 4.78 is 0. The normalized spacial score (nSPS) is 13.2. The second kappa shape index (κ2) is 10.0. The molecule has 228 valence electrons. The van der Waals surface area contributed by atoms with Crippen LogP contribution in [0.5, 0.6) is 0 Å². The second-order valence-electron chi connectivity index (χ2n) is 13.5. The van der Waals surface area contributed by atoms with Gasteiger partial charge in [0.05, 0.1) is 33.9 Å². The summed E-state index contributed by atoms with van der Waals surface area (Å²) in [5.74, 6) is 0. The van der Waals surface area contributed by atoms with E-state index < -0.39 is 0 Å². The first-order valence-corrected chi connectivity index (χ1v) is 16.6. The Hall–Kier alpha value is -6.44. The minimum absolute atomic E-state index is 0.218. The number of nitrogens with zero attached hydrogens (tertiary/aromatic N) is 4. The Morgan fingerprint density at radius 3 is 1.84 bits per heavy atom. The molecular weight excluding hydrogens is 597 g/mol. The zero-order valence-electron chi connectivity index (χ0n) is 27.0. The van der Waals surface area contributed by atoms with E-state index in [1.165, 1.54) is 38.8 Å². The standard InChI is InChI=1S/C45H28N4/c1-45(2)37-23-26(25-46)15-17-31(37)32-18-16-27(24-38(32)45)28-19-20-33(30-10-4-3-9-29(28)30)42-41-36-13-8-22-48-44(36)43-35(12-7-21-47-43)40(41)34-11-5-6-14-39(34)49-42/h3-24H,1-2H3. The van der Waals surface area contributed by atoms with Gasteiger partial charge in [-0.15, -0.1) is 0 Å². The SMILES string of the molecule is CC1(C)c2cc(C#N)ccc2-c2ccc(-c3ccc(-c4nc5ccccc5c5c6cccnc6c6ncccc6c45)c4ccccc34)cc21. The fraction of sp³-hybridized carbons (Fsp3) is 0.0667. The molecule has 0 unspecified atom stereocenters. The molecule has 9 aromatic rings. The molecule has 0 atom stereocenters. The summed E-state index contributed by atoms with van der Waals surface area (Å²) in [5.41, 5.74) is 12.5.